The molecule has 0 aromatic heterocycles. The van der Waals surface area contributed by atoms with Crippen molar-refractivity contribution in [2.24, 2.45) is 0 Å². The van der Waals surface area contributed by atoms with Crippen molar-refractivity contribution >= 4 is 0 Å². The van der Waals surface area contributed by atoms with Crippen LogP contribution in [0.2, 0.25) is 0 Å². The van der Waals surface area contributed by atoms with Crippen LogP contribution in [-0.4, -0.2) is 19.3 Å². The predicted molar refractivity (Wildman–Crippen MR) is 153 cm³/mol. The standard InChI is InChI=1S/C34H38F4O3/c1-3-5-7-21-40-29-18-16-27(31(35)33(29)37)24-10-8-23(9-11-24)22-41-30-19-17-28(32(36)34(30)38)25-12-14-26(15-13-25)39-20-6-4-2/h3,8-11,16-19,25-26H,1,4-7,12-15,20-22H2,2H3. The van der Waals surface area contributed by atoms with Gasteiger partial charge in [0.15, 0.2) is 23.1 Å². The summed E-state index contributed by atoms with van der Waals surface area (Å²) < 4.78 is 76.0. The first-order chi connectivity index (χ1) is 19.9. The molecule has 0 saturated heterocycles. The summed E-state index contributed by atoms with van der Waals surface area (Å²) in [6, 6.07) is 12.6. The lowest BCUT2D eigenvalue weighted by Gasteiger charge is -2.29. The molecule has 0 radical (unpaired) electrons. The van der Waals surface area contributed by atoms with Gasteiger partial charge < -0.3 is 14.2 Å². The molecule has 0 atom stereocenters. The van der Waals surface area contributed by atoms with E-state index in [1.807, 2.05) is 0 Å². The molecule has 0 bridgehead atoms. The topological polar surface area (TPSA) is 27.7 Å². The summed E-state index contributed by atoms with van der Waals surface area (Å²) in [4.78, 5) is 0. The summed E-state index contributed by atoms with van der Waals surface area (Å²) >= 11 is 0. The number of rotatable bonds is 14. The average Bonchev–Trinajstić information content (AvgIpc) is 2.99. The minimum Gasteiger partial charge on any atom is -0.490 e. The molecule has 7 heteroatoms. The Morgan fingerprint density at radius 3 is 2.15 bits per heavy atom. The van der Waals surface area contributed by atoms with E-state index in [9.17, 15) is 17.6 Å². The number of ether oxygens (including phenoxy) is 3. The molecule has 1 aliphatic carbocycles. The maximum atomic E-state index is 15.0. The van der Waals surface area contributed by atoms with Gasteiger partial charge >= 0.3 is 0 Å². The highest BCUT2D eigenvalue weighted by atomic mass is 19.2. The van der Waals surface area contributed by atoms with E-state index in [0.717, 1.165) is 51.6 Å². The van der Waals surface area contributed by atoms with Gasteiger partial charge in [-0.15, -0.1) is 6.58 Å². The number of hydrogen-bond acceptors (Lipinski definition) is 3. The van der Waals surface area contributed by atoms with E-state index in [1.165, 1.54) is 18.2 Å². The number of hydrogen-bond donors (Lipinski definition) is 0. The molecule has 3 aromatic rings. The third-order valence-electron chi connectivity index (χ3n) is 7.56. The van der Waals surface area contributed by atoms with Crippen molar-refractivity contribution in [3.05, 3.63) is 95.6 Å². The molecular weight excluding hydrogens is 532 g/mol. The second-order valence-electron chi connectivity index (χ2n) is 10.5. The number of benzene rings is 3. The fourth-order valence-electron chi connectivity index (χ4n) is 5.13. The fourth-order valence-corrected chi connectivity index (χ4v) is 5.13. The Morgan fingerprint density at radius 2 is 1.44 bits per heavy atom. The molecule has 0 heterocycles. The van der Waals surface area contributed by atoms with Crippen LogP contribution in [0.25, 0.3) is 11.1 Å². The molecule has 1 saturated carbocycles. The van der Waals surface area contributed by atoms with E-state index in [2.05, 4.69) is 13.5 Å². The molecule has 0 spiro atoms. The maximum Gasteiger partial charge on any atom is 0.201 e. The summed E-state index contributed by atoms with van der Waals surface area (Å²) in [6.45, 7) is 6.74. The number of unbranched alkanes of at least 4 members (excludes halogenated alkanes) is 2. The van der Waals surface area contributed by atoms with Crippen molar-refractivity contribution < 1.29 is 31.8 Å². The first kappa shape index (κ1) is 30.6. The lowest BCUT2D eigenvalue weighted by Crippen LogP contribution is -2.22. The monoisotopic (exact) mass is 570 g/mol. The summed E-state index contributed by atoms with van der Waals surface area (Å²) in [5.74, 6) is -4.23. The zero-order valence-electron chi connectivity index (χ0n) is 23.6. The van der Waals surface area contributed by atoms with Gasteiger partial charge in [-0.3, -0.25) is 0 Å². The van der Waals surface area contributed by atoms with E-state index in [0.29, 0.717) is 23.1 Å². The highest BCUT2D eigenvalue weighted by molar-refractivity contribution is 5.65. The molecular formula is C34H38F4O3. The molecule has 4 rings (SSSR count). The van der Waals surface area contributed by atoms with Crippen molar-refractivity contribution in [3.8, 4) is 22.6 Å². The van der Waals surface area contributed by atoms with Gasteiger partial charge in [0.1, 0.15) is 6.61 Å². The van der Waals surface area contributed by atoms with E-state index in [1.54, 1.807) is 36.4 Å². The van der Waals surface area contributed by atoms with Gasteiger partial charge in [0.2, 0.25) is 11.6 Å². The van der Waals surface area contributed by atoms with Crippen LogP contribution in [0, 0.1) is 23.3 Å². The second-order valence-corrected chi connectivity index (χ2v) is 10.5. The molecule has 0 amide bonds. The quantitative estimate of drug-likeness (QED) is 0.110. The third kappa shape index (κ3) is 7.91. The summed E-state index contributed by atoms with van der Waals surface area (Å²) in [5.41, 5.74) is 1.62. The minimum atomic E-state index is -1.04. The highest BCUT2D eigenvalue weighted by Gasteiger charge is 2.27. The first-order valence-electron chi connectivity index (χ1n) is 14.5. The van der Waals surface area contributed by atoms with Crippen molar-refractivity contribution in [2.75, 3.05) is 13.2 Å². The van der Waals surface area contributed by atoms with Crippen LogP contribution in [0.1, 0.15) is 75.3 Å². The smallest absolute Gasteiger partial charge is 0.201 e. The molecule has 1 fully saturated rings. The molecule has 0 unspecified atom stereocenters. The molecule has 1 aliphatic rings. The van der Waals surface area contributed by atoms with Gasteiger partial charge in [-0.1, -0.05) is 49.8 Å². The van der Waals surface area contributed by atoms with Gasteiger partial charge in [-0.05, 0) is 85.8 Å². The summed E-state index contributed by atoms with van der Waals surface area (Å²) in [7, 11) is 0. The van der Waals surface area contributed by atoms with E-state index in [-0.39, 0.29) is 42.3 Å². The van der Waals surface area contributed by atoms with Gasteiger partial charge in [-0.25, -0.2) is 8.78 Å². The maximum absolute atomic E-state index is 15.0. The summed E-state index contributed by atoms with van der Waals surface area (Å²) in [6.07, 6.45) is 8.64. The van der Waals surface area contributed by atoms with Crippen molar-refractivity contribution in [1.29, 1.82) is 0 Å². The van der Waals surface area contributed by atoms with Crippen LogP contribution in [0.15, 0.2) is 61.2 Å². The largest absolute Gasteiger partial charge is 0.490 e. The number of halogens is 4. The van der Waals surface area contributed by atoms with Gasteiger partial charge in [0.25, 0.3) is 0 Å². The van der Waals surface area contributed by atoms with Crippen molar-refractivity contribution in [3.63, 3.8) is 0 Å². The average molecular weight is 571 g/mol. The molecule has 0 aliphatic heterocycles. The van der Waals surface area contributed by atoms with Gasteiger partial charge in [0, 0.05) is 12.2 Å². The Kier molecular flexibility index (Phi) is 11.3. The zero-order valence-corrected chi connectivity index (χ0v) is 23.6. The second kappa shape index (κ2) is 15.1. The molecule has 41 heavy (non-hydrogen) atoms. The van der Waals surface area contributed by atoms with Crippen molar-refractivity contribution in [2.45, 2.75) is 76.9 Å². The van der Waals surface area contributed by atoms with Crippen molar-refractivity contribution in [1.82, 2.24) is 0 Å². The Hall–Kier alpha value is -3.32. The molecule has 3 nitrogen and oxygen atoms in total. The fraction of sp³-hybridized carbons (Fsp3) is 0.412. The Bertz CT molecular complexity index is 1280. The lowest BCUT2D eigenvalue weighted by molar-refractivity contribution is 0.0230. The van der Waals surface area contributed by atoms with Crippen LogP contribution >= 0.6 is 0 Å². The lowest BCUT2D eigenvalue weighted by atomic mass is 9.82. The van der Waals surface area contributed by atoms with Crippen LogP contribution in [0.5, 0.6) is 11.5 Å². The summed E-state index contributed by atoms with van der Waals surface area (Å²) in [5, 5.41) is 0. The van der Waals surface area contributed by atoms with Gasteiger partial charge in [-0.2, -0.15) is 8.78 Å². The Morgan fingerprint density at radius 1 is 0.756 bits per heavy atom. The van der Waals surface area contributed by atoms with E-state index in [4.69, 9.17) is 14.2 Å². The Balaban J connectivity index is 1.34. The third-order valence-corrected chi connectivity index (χ3v) is 7.56. The SMILES string of the molecule is C=CCCCOc1ccc(-c2ccc(COc3ccc(C4CCC(OCCCC)CC4)c(F)c3F)cc2)c(F)c1F. The number of allylic oxidation sites excluding steroid dienone is 1. The molecule has 0 N–H and O–H groups in total. The first-order valence-corrected chi connectivity index (χ1v) is 14.5. The molecule has 220 valence electrons. The predicted octanol–water partition coefficient (Wildman–Crippen LogP) is 9.68. The highest BCUT2D eigenvalue weighted by Crippen LogP contribution is 2.38. The van der Waals surface area contributed by atoms with Crippen LogP contribution in [0.3, 0.4) is 0 Å². The van der Waals surface area contributed by atoms with Crippen LogP contribution in [-0.2, 0) is 11.3 Å². The molecule has 3 aromatic carbocycles. The van der Waals surface area contributed by atoms with E-state index >= 15 is 0 Å². The van der Waals surface area contributed by atoms with Crippen LogP contribution in [0.4, 0.5) is 17.6 Å². The van der Waals surface area contributed by atoms with Gasteiger partial charge in [0.05, 0.1) is 12.7 Å². The van der Waals surface area contributed by atoms with E-state index < -0.39 is 23.3 Å². The normalized spacial score (nSPS) is 16.9. The minimum absolute atomic E-state index is 0.00940. The van der Waals surface area contributed by atoms with Crippen LogP contribution < -0.4 is 9.47 Å². The Labute approximate surface area is 240 Å². The zero-order chi connectivity index (χ0) is 29.2.